The van der Waals surface area contributed by atoms with E-state index in [0.29, 0.717) is 49.2 Å². The van der Waals surface area contributed by atoms with Gasteiger partial charge in [0.1, 0.15) is 0 Å². The number of nitrogens with zero attached hydrogens (tertiary/aromatic N) is 2. The molecule has 3 aromatic rings. The SMILES string of the molecule is CCOC(=O)C1=C(C)N=c2s/c(=C\c3cccc(OC)c3OC)c(=O)n2[C@H]1c1ccc(OC)c(OC)c1. The van der Waals surface area contributed by atoms with Crippen LogP contribution in [0.4, 0.5) is 0 Å². The van der Waals surface area contributed by atoms with Gasteiger partial charge in [0.05, 0.1) is 56.9 Å². The molecule has 2 aromatic carbocycles. The first-order chi connectivity index (χ1) is 17.9. The van der Waals surface area contributed by atoms with E-state index in [1.54, 1.807) is 65.5 Å². The normalized spacial score (nSPS) is 15.1. The molecule has 0 radical (unpaired) electrons. The summed E-state index contributed by atoms with van der Waals surface area (Å²) in [7, 11) is 6.17. The third kappa shape index (κ3) is 4.72. The Bertz CT molecular complexity index is 1550. The van der Waals surface area contributed by atoms with Crippen molar-refractivity contribution >= 4 is 23.4 Å². The summed E-state index contributed by atoms with van der Waals surface area (Å²) in [5.74, 6) is 1.53. The molecule has 0 spiro atoms. The maximum Gasteiger partial charge on any atom is 0.338 e. The molecule has 0 fully saturated rings. The predicted octanol–water partition coefficient (Wildman–Crippen LogP) is 2.83. The molecule has 1 aromatic heterocycles. The lowest BCUT2D eigenvalue weighted by Gasteiger charge is -2.25. The van der Waals surface area contributed by atoms with Crippen LogP contribution in [-0.2, 0) is 9.53 Å². The Morgan fingerprint density at radius 2 is 1.76 bits per heavy atom. The highest BCUT2D eigenvalue weighted by Gasteiger charge is 2.34. The molecule has 4 rings (SSSR count). The molecule has 0 saturated heterocycles. The number of methoxy groups -OCH3 is 4. The maximum atomic E-state index is 13.8. The standard InChI is InChI=1S/C27H28N2O7S/c1-7-36-26(31)22-15(2)28-27-29(23(22)16-11-12-18(32-3)20(13-16)34-5)25(30)21(37-27)14-17-9-8-10-19(33-4)24(17)35-6/h8-14,23H,7H2,1-6H3/b21-14-/t23-/m0/s1. The highest BCUT2D eigenvalue weighted by Crippen LogP contribution is 2.36. The molecule has 0 amide bonds. The number of esters is 1. The number of ether oxygens (including phenoxy) is 5. The van der Waals surface area contributed by atoms with E-state index >= 15 is 0 Å². The summed E-state index contributed by atoms with van der Waals surface area (Å²) < 4.78 is 29.1. The van der Waals surface area contributed by atoms with Crippen molar-refractivity contribution in [1.29, 1.82) is 0 Å². The van der Waals surface area contributed by atoms with Crippen molar-refractivity contribution in [2.24, 2.45) is 4.99 Å². The highest BCUT2D eigenvalue weighted by atomic mass is 32.1. The number of carbonyl (C=O) groups excluding carboxylic acids is 1. The zero-order chi connectivity index (χ0) is 26.7. The van der Waals surface area contributed by atoms with E-state index < -0.39 is 12.0 Å². The summed E-state index contributed by atoms with van der Waals surface area (Å²) in [5.41, 5.74) is 1.79. The summed E-state index contributed by atoms with van der Waals surface area (Å²) >= 11 is 1.23. The molecule has 0 N–H and O–H groups in total. The number of aromatic nitrogens is 1. The van der Waals surface area contributed by atoms with Crippen LogP contribution in [0.25, 0.3) is 6.08 Å². The molecule has 2 heterocycles. The third-order valence-electron chi connectivity index (χ3n) is 5.96. The van der Waals surface area contributed by atoms with Crippen LogP contribution in [0.2, 0.25) is 0 Å². The minimum atomic E-state index is -0.774. The number of para-hydroxylation sites is 1. The second-order valence-corrected chi connectivity index (χ2v) is 9.01. The van der Waals surface area contributed by atoms with Crippen molar-refractivity contribution in [3.63, 3.8) is 0 Å². The Labute approximate surface area is 217 Å². The van der Waals surface area contributed by atoms with E-state index in [9.17, 15) is 9.59 Å². The minimum Gasteiger partial charge on any atom is -0.493 e. The van der Waals surface area contributed by atoms with Gasteiger partial charge < -0.3 is 23.7 Å². The summed E-state index contributed by atoms with van der Waals surface area (Å²) in [6, 6.07) is 9.95. The summed E-state index contributed by atoms with van der Waals surface area (Å²) in [5, 5.41) is 0. The van der Waals surface area contributed by atoms with Crippen LogP contribution in [-0.4, -0.2) is 45.6 Å². The van der Waals surface area contributed by atoms with E-state index in [4.69, 9.17) is 23.7 Å². The molecule has 1 aliphatic rings. The molecule has 9 nitrogen and oxygen atoms in total. The molecule has 10 heteroatoms. The van der Waals surface area contributed by atoms with Crippen LogP contribution in [0.1, 0.15) is 31.0 Å². The monoisotopic (exact) mass is 524 g/mol. The van der Waals surface area contributed by atoms with E-state index in [-0.39, 0.29) is 17.7 Å². The number of rotatable bonds is 8. The van der Waals surface area contributed by atoms with E-state index in [1.807, 2.05) is 12.1 Å². The molecule has 0 saturated carbocycles. The van der Waals surface area contributed by atoms with Crippen LogP contribution < -0.4 is 33.8 Å². The molecule has 0 aliphatic carbocycles. The fraction of sp³-hybridized carbons (Fsp3) is 0.296. The second kappa shape index (κ2) is 10.9. The number of allylic oxidation sites excluding steroid dienone is 1. The molecular weight excluding hydrogens is 496 g/mol. The van der Waals surface area contributed by atoms with Crippen molar-refractivity contribution in [3.8, 4) is 23.0 Å². The van der Waals surface area contributed by atoms with Gasteiger partial charge in [0, 0.05) is 5.56 Å². The van der Waals surface area contributed by atoms with Crippen LogP contribution in [0, 0.1) is 0 Å². The van der Waals surface area contributed by atoms with Gasteiger partial charge in [0.2, 0.25) is 0 Å². The average molecular weight is 525 g/mol. The van der Waals surface area contributed by atoms with Gasteiger partial charge in [-0.1, -0.05) is 29.5 Å². The molecule has 0 unspecified atom stereocenters. The summed E-state index contributed by atoms with van der Waals surface area (Å²) in [4.78, 5) is 32.0. The highest BCUT2D eigenvalue weighted by molar-refractivity contribution is 7.07. The topological polar surface area (TPSA) is 97.6 Å². The maximum absolute atomic E-state index is 13.8. The van der Waals surface area contributed by atoms with Crippen molar-refractivity contribution in [1.82, 2.24) is 4.57 Å². The zero-order valence-electron chi connectivity index (χ0n) is 21.5. The van der Waals surface area contributed by atoms with Crippen molar-refractivity contribution in [2.75, 3.05) is 35.0 Å². The Morgan fingerprint density at radius 3 is 2.41 bits per heavy atom. The summed E-state index contributed by atoms with van der Waals surface area (Å²) in [6.45, 7) is 3.66. The molecule has 1 atom stereocenters. The molecule has 37 heavy (non-hydrogen) atoms. The van der Waals surface area contributed by atoms with Gasteiger partial charge in [0.25, 0.3) is 5.56 Å². The number of thiazole rings is 1. The van der Waals surface area contributed by atoms with Gasteiger partial charge in [-0.2, -0.15) is 0 Å². The quantitative estimate of drug-likeness (QED) is 0.418. The lowest BCUT2D eigenvalue weighted by molar-refractivity contribution is -0.139. The average Bonchev–Trinajstić information content (AvgIpc) is 3.21. The van der Waals surface area contributed by atoms with Gasteiger partial charge in [0.15, 0.2) is 27.8 Å². The Hall–Kier alpha value is -4.05. The van der Waals surface area contributed by atoms with Crippen molar-refractivity contribution in [3.05, 3.63) is 78.5 Å². The van der Waals surface area contributed by atoms with Crippen LogP contribution in [0.5, 0.6) is 23.0 Å². The van der Waals surface area contributed by atoms with E-state index in [0.717, 1.165) is 0 Å². The van der Waals surface area contributed by atoms with Gasteiger partial charge in [-0.15, -0.1) is 0 Å². The van der Waals surface area contributed by atoms with Crippen LogP contribution in [0.15, 0.2) is 57.5 Å². The molecule has 194 valence electrons. The van der Waals surface area contributed by atoms with Gasteiger partial charge in [-0.3, -0.25) is 9.36 Å². The van der Waals surface area contributed by atoms with E-state index in [2.05, 4.69) is 4.99 Å². The largest absolute Gasteiger partial charge is 0.493 e. The van der Waals surface area contributed by atoms with E-state index in [1.165, 1.54) is 23.0 Å². The number of hydrogen-bond donors (Lipinski definition) is 0. The minimum absolute atomic E-state index is 0.189. The zero-order valence-corrected chi connectivity index (χ0v) is 22.3. The predicted molar refractivity (Wildman–Crippen MR) is 139 cm³/mol. The molecular formula is C27H28N2O7S. The fourth-order valence-corrected chi connectivity index (χ4v) is 5.33. The number of fused-ring (bicyclic) bond motifs is 1. The molecule has 0 bridgehead atoms. The Balaban J connectivity index is 1.99. The van der Waals surface area contributed by atoms with Crippen LogP contribution >= 0.6 is 11.3 Å². The lowest BCUT2D eigenvalue weighted by Crippen LogP contribution is -2.40. The van der Waals surface area contributed by atoms with Crippen LogP contribution in [0.3, 0.4) is 0 Å². The first kappa shape index (κ1) is 26.0. The second-order valence-electron chi connectivity index (χ2n) is 8.00. The number of benzene rings is 2. The fourth-order valence-electron chi connectivity index (χ4n) is 4.30. The van der Waals surface area contributed by atoms with Gasteiger partial charge >= 0.3 is 5.97 Å². The Morgan fingerprint density at radius 1 is 1.03 bits per heavy atom. The lowest BCUT2D eigenvalue weighted by atomic mass is 9.95. The van der Waals surface area contributed by atoms with Crippen molar-refractivity contribution < 1.29 is 28.5 Å². The number of carbonyl (C=O) groups is 1. The smallest absolute Gasteiger partial charge is 0.338 e. The first-order valence-corrected chi connectivity index (χ1v) is 12.3. The Kier molecular flexibility index (Phi) is 7.68. The first-order valence-electron chi connectivity index (χ1n) is 11.5. The number of hydrogen-bond acceptors (Lipinski definition) is 9. The van der Waals surface area contributed by atoms with Gasteiger partial charge in [-0.05, 0) is 43.7 Å². The van der Waals surface area contributed by atoms with Gasteiger partial charge in [-0.25, -0.2) is 9.79 Å². The molecule has 1 aliphatic heterocycles. The summed E-state index contributed by atoms with van der Waals surface area (Å²) in [6.07, 6.45) is 1.74. The van der Waals surface area contributed by atoms with Crippen molar-refractivity contribution in [2.45, 2.75) is 19.9 Å². The third-order valence-corrected chi connectivity index (χ3v) is 6.94.